The molecule has 0 radical (unpaired) electrons. The number of aromatic nitrogens is 1. The van der Waals surface area contributed by atoms with Gasteiger partial charge >= 0.3 is 0 Å². The zero-order chi connectivity index (χ0) is 15.5. The highest BCUT2D eigenvalue weighted by Crippen LogP contribution is 2.32. The third-order valence-electron chi connectivity index (χ3n) is 3.32. The van der Waals surface area contributed by atoms with E-state index in [0.29, 0.717) is 41.2 Å². The van der Waals surface area contributed by atoms with Crippen LogP contribution in [-0.4, -0.2) is 17.5 Å². The lowest BCUT2D eigenvalue weighted by Crippen LogP contribution is -2.14. The summed E-state index contributed by atoms with van der Waals surface area (Å²) in [6, 6.07) is 4.06. The molecule has 22 heavy (non-hydrogen) atoms. The Kier molecular flexibility index (Phi) is 4.35. The SMILES string of the molecule is NCc1nc(C(=O)Nc2ccc(F)cc2OCC2CC2)cs1. The molecule has 0 spiro atoms. The Hall–Kier alpha value is -1.99. The number of ether oxygens (including phenoxy) is 1. The standard InChI is InChI=1S/C15H16FN3O2S/c16-10-3-4-11(13(5-10)21-7-9-1-2-9)19-15(20)12-8-22-14(6-17)18-12/h3-5,8-9H,1-2,6-7,17H2,(H,19,20). The Labute approximate surface area is 131 Å². The van der Waals surface area contributed by atoms with Crippen molar-refractivity contribution in [2.75, 3.05) is 11.9 Å². The highest BCUT2D eigenvalue weighted by atomic mass is 32.1. The fourth-order valence-corrected chi connectivity index (χ4v) is 2.56. The molecule has 3 rings (SSSR count). The average molecular weight is 321 g/mol. The number of thiazole rings is 1. The summed E-state index contributed by atoms with van der Waals surface area (Å²) in [5.41, 5.74) is 6.22. The van der Waals surface area contributed by atoms with Gasteiger partial charge in [-0.2, -0.15) is 0 Å². The Morgan fingerprint density at radius 1 is 1.50 bits per heavy atom. The van der Waals surface area contributed by atoms with Crippen LogP contribution in [0.1, 0.15) is 28.3 Å². The Balaban J connectivity index is 1.73. The highest BCUT2D eigenvalue weighted by molar-refractivity contribution is 7.09. The predicted octanol–water partition coefficient (Wildman–Crippen LogP) is 2.78. The van der Waals surface area contributed by atoms with Crippen LogP contribution in [0, 0.1) is 11.7 Å². The van der Waals surface area contributed by atoms with Gasteiger partial charge in [0.15, 0.2) is 0 Å². The third kappa shape index (κ3) is 3.61. The molecular formula is C15H16FN3O2S. The molecule has 1 saturated carbocycles. The molecule has 1 fully saturated rings. The molecule has 0 bridgehead atoms. The molecule has 116 valence electrons. The molecular weight excluding hydrogens is 305 g/mol. The van der Waals surface area contributed by atoms with Gasteiger partial charge in [0.05, 0.1) is 12.3 Å². The van der Waals surface area contributed by atoms with Crippen LogP contribution < -0.4 is 15.8 Å². The maximum Gasteiger partial charge on any atom is 0.275 e. The number of nitrogens with two attached hydrogens (primary N) is 1. The van der Waals surface area contributed by atoms with Crippen molar-refractivity contribution in [2.45, 2.75) is 19.4 Å². The summed E-state index contributed by atoms with van der Waals surface area (Å²) >= 11 is 1.33. The molecule has 0 saturated heterocycles. The molecule has 0 atom stereocenters. The first-order valence-electron chi connectivity index (χ1n) is 7.04. The van der Waals surface area contributed by atoms with E-state index >= 15 is 0 Å². The number of hydrogen-bond acceptors (Lipinski definition) is 5. The topological polar surface area (TPSA) is 77.2 Å². The third-order valence-corrected chi connectivity index (χ3v) is 4.19. The van der Waals surface area contributed by atoms with E-state index in [0.717, 1.165) is 12.8 Å². The summed E-state index contributed by atoms with van der Waals surface area (Å²) in [7, 11) is 0. The molecule has 1 aliphatic carbocycles. The van der Waals surface area contributed by atoms with Crippen molar-refractivity contribution < 1.29 is 13.9 Å². The predicted molar refractivity (Wildman–Crippen MR) is 82.6 cm³/mol. The van der Waals surface area contributed by atoms with Crippen LogP contribution in [0.2, 0.25) is 0 Å². The van der Waals surface area contributed by atoms with Crippen molar-refractivity contribution >= 4 is 22.9 Å². The maximum absolute atomic E-state index is 13.4. The van der Waals surface area contributed by atoms with E-state index in [1.807, 2.05) is 0 Å². The van der Waals surface area contributed by atoms with Crippen LogP contribution in [0.25, 0.3) is 0 Å². The van der Waals surface area contributed by atoms with Crippen LogP contribution in [0.4, 0.5) is 10.1 Å². The van der Waals surface area contributed by atoms with E-state index in [-0.39, 0.29) is 5.91 Å². The Bertz CT molecular complexity index is 685. The van der Waals surface area contributed by atoms with E-state index in [9.17, 15) is 9.18 Å². The van der Waals surface area contributed by atoms with Gasteiger partial charge in [0.1, 0.15) is 22.3 Å². The second-order valence-electron chi connectivity index (χ2n) is 5.18. The molecule has 1 aromatic heterocycles. The van der Waals surface area contributed by atoms with Gasteiger partial charge in [-0.05, 0) is 30.9 Å². The fourth-order valence-electron chi connectivity index (χ4n) is 1.91. The zero-order valence-electron chi connectivity index (χ0n) is 11.8. The van der Waals surface area contributed by atoms with E-state index in [4.69, 9.17) is 10.5 Å². The molecule has 1 amide bonds. The Morgan fingerprint density at radius 3 is 3.00 bits per heavy atom. The van der Waals surface area contributed by atoms with Gasteiger partial charge in [0.2, 0.25) is 0 Å². The van der Waals surface area contributed by atoms with Gasteiger partial charge in [0, 0.05) is 18.0 Å². The number of halogens is 1. The number of nitrogens with zero attached hydrogens (tertiary/aromatic N) is 1. The van der Waals surface area contributed by atoms with Gasteiger partial charge in [-0.1, -0.05) is 0 Å². The number of anilines is 1. The molecule has 0 unspecified atom stereocenters. The number of carbonyl (C=O) groups excluding carboxylic acids is 1. The molecule has 3 N–H and O–H groups in total. The smallest absolute Gasteiger partial charge is 0.275 e. The van der Waals surface area contributed by atoms with Crippen molar-refractivity contribution in [2.24, 2.45) is 11.7 Å². The largest absolute Gasteiger partial charge is 0.491 e. The van der Waals surface area contributed by atoms with E-state index in [1.54, 1.807) is 5.38 Å². The summed E-state index contributed by atoms with van der Waals surface area (Å²) in [5, 5.41) is 5.04. The summed E-state index contributed by atoms with van der Waals surface area (Å²) < 4.78 is 19.0. The first-order valence-corrected chi connectivity index (χ1v) is 7.92. The summed E-state index contributed by atoms with van der Waals surface area (Å²) in [6.45, 7) is 0.838. The second-order valence-corrected chi connectivity index (χ2v) is 6.12. The van der Waals surface area contributed by atoms with Gasteiger partial charge in [0.25, 0.3) is 5.91 Å². The summed E-state index contributed by atoms with van der Waals surface area (Å²) in [6.07, 6.45) is 2.27. The lowest BCUT2D eigenvalue weighted by atomic mass is 10.2. The zero-order valence-corrected chi connectivity index (χ0v) is 12.7. The lowest BCUT2D eigenvalue weighted by Gasteiger charge is -2.12. The number of rotatable bonds is 6. The van der Waals surface area contributed by atoms with Crippen molar-refractivity contribution in [3.05, 3.63) is 40.1 Å². The quantitative estimate of drug-likeness (QED) is 0.857. The van der Waals surface area contributed by atoms with Crippen LogP contribution in [0.3, 0.4) is 0 Å². The van der Waals surface area contributed by atoms with E-state index < -0.39 is 5.82 Å². The minimum Gasteiger partial charge on any atom is -0.491 e. The number of benzene rings is 1. The normalized spacial score (nSPS) is 13.9. The first kappa shape index (κ1) is 14.9. The number of amides is 1. The molecule has 0 aliphatic heterocycles. The maximum atomic E-state index is 13.4. The minimum atomic E-state index is -0.400. The average Bonchev–Trinajstić information content (AvgIpc) is 3.21. The minimum absolute atomic E-state index is 0.294. The highest BCUT2D eigenvalue weighted by Gasteiger charge is 2.23. The first-order chi connectivity index (χ1) is 10.7. The van der Waals surface area contributed by atoms with Crippen LogP contribution in [-0.2, 0) is 6.54 Å². The van der Waals surface area contributed by atoms with Gasteiger partial charge < -0.3 is 15.8 Å². The van der Waals surface area contributed by atoms with Gasteiger partial charge in [-0.25, -0.2) is 9.37 Å². The summed E-state index contributed by atoms with van der Waals surface area (Å²) in [5.74, 6) is 0.119. The van der Waals surface area contributed by atoms with E-state index in [1.165, 1.54) is 29.5 Å². The summed E-state index contributed by atoms with van der Waals surface area (Å²) in [4.78, 5) is 16.3. The van der Waals surface area contributed by atoms with Crippen molar-refractivity contribution in [1.29, 1.82) is 0 Å². The number of hydrogen-bond donors (Lipinski definition) is 2. The Morgan fingerprint density at radius 2 is 2.32 bits per heavy atom. The van der Waals surface area contributed by atoms with Crippen LogP contribution >= 0.6 is 11.3 Å². The fraction of sp³-hybridized carbons (Fsp3) is 0.333. The van der Waals surface area contributed by atoms with Gasteiger partial charge in [-0.3, -0.25) is 4.79 Å². The molecule has 1 aromatic carbocycles. The van der Waals surface area contributed by atoms with Crippen molar-refractivity contribution in [1.82, 2.24) is 4.98 Å². The van der Waals surface area contributed by atoms with Crippen LogP contribution in [0.15, 0.2) is 23.6 Å². The molecule has 7 heteroatoms. The van der Waals surface area contributed by atoms with Crippen LogP contribution in [0.5, 0.6) is 5.75 Å². The van der Waals surface area contributed by atoms with Crippen molar-refractivity contribution in [3.63, 3.8) is 0 Å². The number of nitrogens with one attached hydrogen (secondary N) is 1. The molecule has 2 aromatic rings. The van der Waals surface area contributed by atoms with Crippen molar-refractivity contribution in [3.8, 4) is 5.75 Å². The van der Waals surface area contributed by atoms with E-state index in [2.05, 4.69) is 10.3 Å². The molecule has 1 heterocycles. The lowest BCUT2D eigenvalue weighted by molar-refractivity contribution is 0.102. The molecule has 5 nitrogen and oxygen atoms in total. The van der Waals surface area contributed by atoms with Gasteiger partial charge in [-0.15, -0.1) is 11.3 Å². The monoisotopic (exact) mass is 321 g/mol. The number of carbonyl (C=O) groups is 1. The second kappa shape index (κ2) is 6.41. The molecule has 1 aliphatic rings.